The quantitative estimate of drug-likeness (QED) is 0.0362. The highest BCUT2D eigenvalue weighted by atomic mass is 16.5. The predicted molar refractivity (Wildman–Crippen MR) is 327 cm³/mol. The molecular weight excluding hydrogens is 1150 g/mol. The van der Waals surface area contributed by atoms with Crippen LogP contribution in [0.3, 0.4) is 0 Å². The van der Waals surface area contributed by atoms with Gasteiger partial charge in [0.05, 0.1) is 20.0 Å². The minimum absolute atomic E-state index is 0.0261. The minimum Gasteiger partial charge on any atom is -0.497 e. The van der Waals surface area contributed by atoms with Crippen LogP contribution in [-0.4, -0.2) is 189 Å². The summed E-state index contributed by atoms with van der Waals surface area (Å²) in [6, 6.07) is 1.25. The van der Waals surface area contributed by atoms with Gasteiger partial charge in [0, 0.05) is 80.3 Å². The monoisotopic (exact) mass is 1230 g/mol. The van der Waals surface area contributed by atoms with E-state index in [4.69, 9.17) is 16.2 Å². The van der Waals surface area contributed by atoms with Gasteiger partial charge in [0.1, 0.15) is 60.1 Å². The molecule has 3 fully saturated rings. The molecule has 5 heterocycles. The number of aliphatic imine (C=N–C) groups is 1. The molecule has 10 amide bonds. The van der Waals surface area contributed by atoms with Gasteiger partial charge in [-0.05, 0) is 93.0 Å². The lowest BCUT2D eigenvalue weighted by molar-refractivity contribution is -0.150. The summed E-state index contributed by atoms with van der Waals surface area (Å²) in [6.45, 7) is 8.39. The van der Waals surface area contributed by atoms with Crippen molar-refractivity contribution in [3.8, 4) is 5.75 Å². The highest BCUT2D eigenvalue weighted by Gasteiger charge is 2.43. The van der Waals surface area contributed by atoms with Crippen molar-refractivity contribution in [1.29, 1.82) is 0 Å². The largest absolute Gasteiger partial charge is 0.497 e. The summed E-state index contributed by atoms with van der Waals surface area (Å²) >= 11 is 0. The van der Waals surface area contributed by atoms with E-state index in [9.17, 15) is 53.1 Å². The average molecular weight is 1240 g/mol. The number of fused-ring (bicyclic) bond motifs is 3. The molecule has 2 aromatic carbocycles. The molecule has 0 bridgehead atoms. The summed E-state index contributed by atoms with van der Waals surface area (Å²) in [4.78, 5) is 162. The van der Waals surface area contributed by atoms with Gasteiger partial charge in [0.25, 0.3) is 0 Å². The zero-order valence-electron chi connectivity index (χ0n) is 51.3. The number of carbonyl (C=O) groups excluding carboxylic acids is 10. The van der Waals surface area contributed by atoms with Crippen molar-refractivity contribution < 1.29 is 57.8 Å². The molecule has 89 heavy (non-hydrogen) atoms. The Bertz CT molecular complexity index is 3160. The maximum absolute atomic E-state index is 14.8. The number of carbonyl (C=O) groups is 10. The number of guanidine groups is 1. The van der Waals surface area contributed by atoms with E-state index in [0.29, 0.717) is 34.4 Å². The van der Waals surface area contributed by atoms with Crippen LogP contribution >= 0.6 is 0 Å². The first kappa shape index (κ1) is 67.4. The first-order valence-electron chi connectivity index (χ1n) is 30.4. The van der Waals surface area contributed by atoms with Gasteiger partial charge >= 0.3 is 0 Å². The van der Waals surface area contributed by atoms with E-state index in [2.05, 4.69) is 62.5 Å². The third-order valence-electron chi connectivity index (χ3n) is 16.0. The Kier molecular flexibility index (Phi) is 24.0. The number of para-hydroxylation sites is 1. The molecule has 10 atom stereocenters. The number of rotatable bonds is 16. The molecule has 2 aromatic heterocycles. The van der Waals surface area contributed by atoms with E-state index in [0.717, 1.165) is 5.52 Å². The first-order valence-corrected chi connectivity index (χ1v) is 30.4. The van der Waals surface area contributed by atoms with Gasteiger partial charge < -0.3 is 83.6 Å². The molecule has 482 valence electrons. The van der Waals surface area contributed by atoms with Gasteiger partial charge in [-0.25, -0.2) is 4.98 Å². The number of nitrogens with two attached hydrogens (primary N) is 2. The zero-order valence-corrected chi connectivity index (χ0v) is 51.3. The number of hydrogen-bond donors (Lipinski definition) is 13. The van der Waals surface area contributed by atoms with Crippen molar-refractivity contribution in [3.63, 3.8) is 0 Å². The highest BCUT2D eigenvalue weighted by molar-refractivity contribution is 5.99. The highest BCUT2D eigenvalue weighted by Crippen LogP contribution is 2.24. The van der Waals surface area contributed by atoms with Crippen LogP contribution in [0, 0.1) is 11.8 Å². The Labute approximate surface area is 516 Å². The number of aliphatic hydroxyl groups excluding tert-OH is 1. The van der Waals surface area contributed by atoms with Gasteiger partial charge in [-0.2, -0.15) is 0 Å². The molecular formula is C61H86N16O12. The van der Waals surface area contributed by atoms with Crippen molar-refractivity contribution >= 4 is 75.9 Å². The van der Waals surface area contributed by atoms with Gasteiger partial charge in [-0.3, -0.25) is 52.9 Å². The molecule has 7 rings (SSSR count). The molecule has 3 aliphatic heterocycles. The Morgan fingerprint density at radius 1 is 0.640 bits per heavy atom. The number of nitrogens with one attached hydrogen (secondary N) is 10. The number of ether oxygens (including phenoxy) is 1. The number of hydrogen-bond acceptors (Lipinski definition) is 14. The van der Waals surface area contributed by atoms with Crippen LogP contribution in [0.5, 0.6) is 5.75 Å². The van der Waals surface area contributed by atoms with Crippen molar-refractivity contribution in [2.45, 2.75) is 166 Å². The lowest BCUT2D eigenvalue weighted by Crippen LogP contribution is -2.64. The van der Waals surface area contributed by atoms with E-state index in [1.54, 1.807) is 43.5 Å². The standard InChI is InChI=1S/C61H86N16O12/c1-33(2)23-43-52(80)69-42(13-9-20-65-61(62)63)60(88)77-22-19-50(77)58(86)68-35(5)25-51(79)76-21-10-14-49(76)59(87)74-47(28-38-30-64-32-67-38)56(84)73-46(27-37-29-66-41-12-8-7-11-40(37)41)55(83)75-48(31-78)57(85)72-45(26-36-15-17-39(89-6)18-16-36)54(82)71-44(24-34(3)4)53(81)70-43/h7-8,11-12,15-18,29-30,32-35,42-50,66,78H,9-10,13-14,19-28,31H2,1-6H3,(H,64,67)(H,68,86)(H,69,80)(H,70,81)(H,71,82)(H,72,85)(H,73,84)(H,74,87)(H,75,83)(H4,62,63,65)/t35?,42-,43-,44+,45-,46-,47-,48-,49-,50-/m0/s1. The number of aromatic amines is 2. The predicted octanol–water partition coefficient (Wildman–Crippen LogP) is -1.04. The number of aromatic nitrogens is 3. The number of amides is 10. The van der Waals surface area contributed by atoms with Gasteiger partial charge in [0.15, 0.2) is 5.96 Å². The van der Waals surface area contributed by atoms with Crippen LogP contribution in [0.1, 0.15) is 103 Å². The number of nitrogens with zero attached hydrogens (tertiary/aromatic N) is 4. The van der Waals surface area contributed by atoms with Gasteiger partial charge in [0.2, 0.25) is 59.1 Å². The molecule has 4 aromatic rings. The molecule has 0 saturated carbocycles. The van der Waals surface area contributed by atoms with Gasteiger partial charge in [-0.1, -0.05) is 58.0 Å². The second-order valence-corrected chi connectivity index (χ2v) is 23.9. The van der Waals surface area contributed by atoms with Gasteiger partial charge in [-0.15, -0.1) is 0 Å². The van der Waals surface area contributed by atoms with Crippen molar-refractivity contribution in [1.82, 2.24) is 67.3 Å². The lowest BCUT2D eigenvalue weighted by Gasteiger charge is -2.42. The van der Waals surface area contributed by atoms with E-state index in [1.807, 2.05) is 45.9 Å². The smallest absolute Gasteiger partial charge is 0.245 e. The molecule has 0 spiro atoms. The molecule has 1 unspecified atom stereocenters. The molecule has 3 aliphatic rings. The normalized spacial score (nSPS) is 25.2. The molecule has 28 nitrogen and oxygen atoms in total. The number of imidazole rings is 1. The number of aliphatic hydroxyl groups is 1. The Hall–Kier alpha value is -9.08. The Morgan fingerprint density at radius 2 is 1.19 bits per heavy atom. The fraction of sp³-hybridized carbons (Fsp3) is 0.541. The molecule has 0 radical (unpaired) electrons. The van der Waals surface area contributed by atoms with Crippen LogP contribution in [0.15, 0.2) is 72.2 Å². The van der Waals surface area contributed by atoms with E-state index < -0.39 is 126 Å². The lowest BCUT2D eigenvalue weighted by atomic mass is 9.97. The summed E-state index contributed by atoms with van der Waals surface area (Å²) in [7, 11) is 1.48. The topological polar surface area (TPSA) is 412 Å². The third-order valence-corrected chi connectivity index (χ3v) is 16.0. The molecule has 15 N–H and O–H groups in total. The summed E-state index contributed by atoms with van der Waals surface area (Å²) in [5.41, 5.74) is 13.5. The molecule has 3 saturated heterocycles. The van der Waals surface area contributed by atoms with Crippen LogP contribution in [-0.2, 0) is 67.2 Å². The fourth-order valence-corrected chi connectivity index (χ4v) is 11.3. The van der Waals surface area contributed by atoms with Crippen LogP contribution in [0.4, 0.5) is 0 Å². The van der Waals surface area contributed by atoms with E-state index in [-0.39, 0.29) is 102 Å². The summed E-state index contributed by atoms with van der Waals surface area (Å²) in [6.07, 6.45) is 5.14. The fourth-order valence-electron chi connectivity index (χ4n) is 11.3. The van der Waals surface area contributed by atoms with Crippen molar-refractivity contribution in [2.75, 3.05) is 33.4 Å². The Morgan fingerprint density at radius 3 is 1.78 bits per heavy atom. The van der Waals surface area contributed by atoms with Crippen molar-refractivity contribution in [3.05, 3.63) is 84.1 Å². The molecule has 28 heteroatoms. The average Bonchev–Trinajstić information content (AvgIpc) is 2.42. The zero-order chi connectivity index (χ0) is 64.5. The third kappa shape index (κ3) is 18.7. The van der Waals surface area contributed by atoms with E-state index in [1.165, 1.54) is 29.4 Å². The maximum atomic E-state index is 14.8. The summed E-state index contributed by atoms with van der Waals surface area (Å²) in [5, 5.41) is 33.7. The van der Waals surface area contributed by atoms with Crippen LogP contribution in [0.2, 0.25) is 0 Å². The second kappa shape index (κ2) is 31.7. The Balaban J connectivity index is 1.25. The molecule has 0 aliphatic carbocycles. The number of methoxy groups -OCH3 is 1. The van der Waals surface area contributed by atoms with Crippen molar-refractivity contribution in [2.24, 2.45) is 28.3 Å². The van der Waals surface area contributed by atoms with E-state index >= 15 is 0 Å². The maximum Gasteiger partial charge on any atom is 0.245 e. The summed E-state index contributed by atoms with van der Waals surface area (Å²) in [5.74, 6) is -7.44. The second-order valence-electron chi connectivity index (χ2n) is 23.9. The first-order chi connectivity index (χ1) is 42.5. The minimum atomic E-state index is -1.73. The van der Waals surface area contributed by atoms with Crippen LogP contribution in [0.25, 0.3) is 10.9 Å². The number of benzene rings is 2. The van der Waals surface area contributed by atoms with Crippen LogP contribution < -0.4 is 58.7 Å². The number of H-pyrrole nitrogens is 2. The SMILES string of the molecule is COc1ccc(C[C@@H]2NC(=O)[C@H](CO)NC(=O)[C@H](Cc3c[nH]c4ccccc34)NC(=O)[C@H](Cc3cnc[nH]3)NC(=O)[C@@H]3CCCN3C(=O)CC(C)NC(=O)[C@@H]3CCN3C(=O)[C@H](CCCN=C(N)N)NC(=O)[C@H](CC(C)C)NC(=O)[C@@H](CC(C)C)NC2=O)cc1. The summed E-state index contributed by atoms with van der Waals surface area (Å²) < 4.78 is 5.34.